The van der Waals surface area contributed by atoms with Gasteiger partial charge in [-0.1, -0.05) is 47.1 Å². The van der Waals surface area contributed by atoms with E-state index in [1.54, 1.807) is 0 Å². The molecule has 0 aromatic carbocycles. The van der Waals surface area contributed by atoms with Crippen molar-refractivity contribution >= 4 is 11.9 Å². The average molecular weight is 487 g/mol. The molecule has 0 aliphatic heterocycles. The predicted octanol–water partition coefficient (Wildman–Crippen LogP) is 7.65. The molecule has 4 heteroatoms. The summed E-state index contributed by atoms with van der Waals surface area (Å²) in [6.07, 6.45) is 14.1. The molecule has 5 fully saturated rings. The molecule has 5 aliphatic carbocycles. The lowest BCUT2D eigenvalue weighted by Gasteiger charge is -2.66. The SMILES string of the molecule is C=CC(=O)OC(C)(CC)CC(C)(CC)C(=O)OC1(C2CCC(C)CC2)C2CC3CC1CC(C)(C3)C2. The summed E-state index contributed by atoms with van der Waals surface area (Å²) in [5.74, 6) is 2.58. The molecule has 35 heavy (non-hydrogen) atoms. The first kappa shape index (κ1) is 26.7. The fraction of sp³-hybridized carbons (Fsp3) is 0.871. The lowest BCUT2D eigenvalue weighted by atomic mass is 9.42. The van der Waals surface area contributed by atoms with Crippen LogP contribution in [0.1, 0.15) is 119 Å². The van der Waals surface area contributed by atoms with E-state index in [2.05, 4.69) is 27.4 Å². The highest BCUT2D eigenvalue weighted by Crippen LogP contribution is 2.67. The number of ether oxygens (including phenoxy) is 2. The van der Waals surface area contributed by atoms with Crippen molar-refractivity contribution in [2.75, 3.05) is 0 Å². The molecule has 0 heterocycles. The third-order valence-electron chi connectivity index (χ3n) is 11.0. The van der Waals surface area contributed by atoms with Gasteiger partial charge in [0.25, 0.3) is 0 Å². The van der Waals surface area contributed by atoms with Gasteiger partial charge in [-0.2, -0.15) is 0 Å². The molecule has 0 aromatic rings. The molecule has 0 amide bonds. The fourth-order valence-electron chi connectivity index (χ4n) is 8.99. The molecule has 5 aliphatic rings. The van der Waals surface area contributed by atoms with Crippen LogP contribution in [0, 0.1) is 40.4 Å². The molecule has 198 valence electrons. The van der Waals surface area contributed by atoms with Crippen molar-refractivity contribution in [1.82, 2.24) is 0 Å². The molecule has 4 nitrogen and oxygen atoms in total. The monoisotopic (exact) mass is 486 g/mol. The molecule has 4 bridgehead atoms. The quantitative estimate of drug-likeness (QED) is 0.248. The highest BCUT2D eigenvalue weighted by Gasteiger charge is 2.66. The van der Waals surface area contributed by atoms with Gasteiger partial charge in [0, 0.05) is 24.3 Å². The maximum atomic E-state index is 14.2. The van der Waals surface area contributed by atoms with Crippen LogP contribution in [0.5, 0.6) is 0 Å². The zero-order valence-corrected chi connectivity index (χ0v) is 23.3. The second-order valence-electron chi connectivity index (χ2n) is 13.9. The van der Waals surface area contributed by atoms with Gasteiger partial charge in [-0.05, 0) is 94.8 Å². The lowest BCUT2D eigenvalue weighted by Crippen LogP contribution is -2.66. The highest BCUT2D eigenvalue weighted by molar-refractivity contribution is 5.82. The van der Waals surface area contributed by atoms with Gasteiger partial charge < -0.3 is 9.47 Å². The molecule has 0 saturated heterocycles. The van der Waals surface area contributed by atoms with E-state index in [4.69, 9.17) is 9.47 Å². The van der Waals surface area contributed by atoms with E-state index in [0.717, 1.165) is 11.8 Å². The standard InChI is InChI=1S/C31H50O4/c1-8-26(32)34-30(7,10-3)20-29(6,9-2)27(33)35-31(23-13-11-21(4)12-14-23)24-15-22-16-25(31)19-28(5,17-22)18-24/h8,21-25H,1,9-20H2,2-7H3. The zero-order chi connectivity index (χ0) is 25.6. The minimum absolute atomic E-state index is 0.0643. The number of esters is 2. The summed E-state index contributed by atoms with van der Waals surface area (Å²) in [4.78, 5) is 26.3. The van der Waals surface area contributed by atoms with Gasteiger partial charge in [0.2, 0.25) is 0 Å². The second-order valence-corrected chi connectivity index (χ2v) is 13.9. The molecule has 4 unspecified atom stereocenters. The maximum absolute atomic E-state index is 14.2. The normalized spacial score (nSPS) is 41.5. The molecular weight excluding hydrogens is 436 g/mol. The summed E-state index contributed by atoms with van der Waals surface area (Å²) in [5.41, 5.74) is -1.29. The summed E-state index contributed by atoms with van der Waals surface area (Å²) in [6, 6.07) is 0. The van der Waals surface area contributed by atoms with E-state index in [1.165, 1.54) is 63.9 Å². The Labute approximate surface area is 214 Å². The highest BCUT2D eigenvalue weighted by atomic mass is 16.6. The molecule has 0 aromatic heterocycles. The van der Waals surface area contributed by atoms with Crippen molar-refractivity contribution in [3.8, 4) is 0 Å². The van der Waals surface area contributed by atoms with Gasteiger partial charge in [0.1, 0.15) is 11.2 Å². The number of rotatable bonds is 9. The van der Waals surface area contributed by atoms with Gasteiger partial charge in [0.05, 0.1) is 5.41 Å². The van der Waals surface area contributed by atoms with Crippen molar-refractivity contribution in [3.63, 3.8) is 0 Å². The van der Waals surface area contributed by atoms with Crippen LogP contribution in [-0.2, 0) is 19.1 Å². The molecule has 4 atom stereocenters. The third-order valence-corrected chi connectivity index (χ3v) is 11.0. The van der Waals surface area contributed by atoms with E-state index in [-0.39, 0.29) is 11.6 Å². The van der Waals surface area contributed by atoms with E-state index >= 15 is 0 Å². The first-order chi connectivity index (χ1) is 16.4. The Kier molecular flexibility index (Phi) is 7.28. The Morgan fingerprint density at radius 1 is 0.971 bits per heavy atom. The Balaban J connectivity index is 1.63. The van der Waals surface area contributed by atoms with Crippen LogP contribution >= 0.6 is 0 Å². The Hall–Kier alpha value is -1.32. The predicted molar refractivity (Wildman–Crippen MR) is 140 cm³/mol. The van der Waals surface area contributed by atoms with Gasteiger partial charge in [-0.3, -0.25) is 4.79 Å². The number of hydrogen-bond acceptors (Lipinski definition) is 4. The topological polar surface area (TPSA) is 52.6 Å². The van der Waals surface area contributed by atoms with Crippen LogP contribution in [0.25, 0.3) is 0 Å². The van der Waals surface area contributed by atoms with Gasteiger partial charge in [-0.15, -0.1) is 0 Å². The van der Waals surface area contributed by atoms with Crippen LogP contribution in [-0.4, -0.2) is 23.1 Å². The molecular formula is C31H50O4. The maximum Gasteiger partial charge on any atom is 0.330 e. The Bertz CT molecular complexity index is 808. The summed E-state index contributed by atoms with van der Waals surface area (Å²) in [7, 11) is 0. The van der Waals surface area contributed by atoms with Crippen molar-refractivity contribution < 1.29 is 19.1 Å². The van der Waals surface area contributed by atoms with E-state index in [0.29, 0.717) is 42.4 Å². The molecule has 0 radical (unpaired) electrons. The molecule has 0 N–H and O–H groups in total. The summed E-state index contributed by atoms with van der Waals surface area (Å²) < 4.78 is 12.8. The van der Waals surface area contributed by atoms with E-state index in [9.17, 15) is 9.59 Å². The van der Waals surface area contributed by atoms with Crippen molar-refractivity contribution in [1.29, 1.82) is 0 Å². The van der Waals surface area contributed by atoms with Crippen molar-refractivity contribution in [3.05, 3.63) is 12.7 Å². The fourth-order valence-corrected chi connectivity index (χ4v) is 8.99. The van der Waals surface area contributed by atoms with Crippen LogP contribution in [0.4, 0.5) is 0 Å². The van der Waals surface area contributed by atoms with Crippen molar-refractivity contribution in [2.45, 2.75) is 130 Å². The third kappa shape index (κ3) is 4.85. The second kappa shape index (κ2) is 9.53. The number of carbonyl (C=O) groups is 2. The molecule has 0 spiro atoms. The minimum Gasteiger partial charge on any atom is -0.458 e. The Morgan fingerprint density at radius 2 is 1.57 bits per heavy atom. The number of hydrogen-bond donors (Lipinski definition) is 0. The molecule has 5 saturated carbocycles. The smallest absolute Gasteiger partial charge is 0.330 e. The van der Waals surface area contributed by atoms with Gasteiger partial charge >= 0.3 is 11.9 Å². The zero-order valence-electron chi connectivity index (χ0n) is 23.3. The average Bonchev–Trinajstić information content (AvgIpc) is 2.80. The van der Waals surface area contributed by atoms with Crippen LogP contribution in [0.3, 0.4) is 0 Å². The molecule has 5 rings (SSSR count). The first-order valence-corrected chi connectivity index (χ1v) is 14.5. The van der Waals surface area contributed by atoms with Crippen LogP contribution in [0.15, 0.2) is 12.7 Å². The summed E-state index contributed by atoms with van der Waals surface area (Å²) >= 11 is 0. The minimum atomic E-state index is -0.722. The van der Waals surface area contributed by atoms with E-state index in [1.807, 2.05) is 20.8 Å². The van der Waals surface area contributed by atoms with Gasteiger partial charge in [0.15, 0.2) is 0 Å². The van der Waals surface area contributed by atoms with E-state index < -0.39 is 17.0 Å². The lowest BCUT2D eigenvalue weighted by molar-refractivity contribution is -0.253. The summed E-state index contributed by atoms with van der Waals surface area (Å²) in [5, 5.41) is 0. The van der Waals surface area contributed by atoms with Crippen LogP contribution < -0.4 is 0 Å². The first-order valence-electron chi connectivity index (χ1n) is 14.5. The Morgan fingerprint density at radius 3 is 2.06 bits per heavy atom. The van der Waals surface area contributed by atoms with Gasteiger partial charge in [-0.25, -0.2) is 4.79 Å². The van der Waals surface area contributed by atoms with Crippen LogP contribution in [0.2, 0.25) is 0 Å². The largest absolute Gasteiger partial charge is 0.458 e. The van der Waals surface area contributed by atoms with Crippen molar-refractivity contribution in [2.24, 2.45) is 40.4 Å². The summed E-state index contributed by atoms with van der Waals surface area (Å²) in [6.45, 7) is 16.5. The number of carbonyl (C=O) groups excluding carboxylic acids is 2.